The van der Waals surface area contributed by atoms with Crippen molar-refractivity contribution in [2.45, 2.75) is 27.7 Å². The molecule has 0 aliphatic rings. The fourth-order valence-electron chi connectivity index (χ4n) is 4.05. The van der Waals surface area contributed by atoms with E-state index in [1.807, 2.05) is 139 Å². The molecule has 47 heavy (non-hydrogen) atoms. The van der Waals surface area contributed by atoms with Crippen LogP contribution in [0.25, 0.3) is 0 Å². The Balaban J connectivity index is 1.65. The quantitative estimate of drug-likeness (QED) is 0.0606. The Bertz CT molecular complexity index is 1590. The zero-order valence-electron chi connectivity index (χ0n) is 26.8. The van der Waals surface area contributed by atoms with Gasteiger partial charge in [0.15, 0.2) is 0 Å². The Kier molecular flexibility index (Phi) is 16.0. The van der Waals surface area contributed by atoms with Crippen LogP contribution < -0.4 is 18.1 Å². The molecule has 0 unspecified atom stereocenters. The summed E-state index contributed by atoms with van der Waals surface area (Å²) >= 11 is 10.6. The first-order valence-electron chi connectivity index (χ1n) is 15.2. The molecule has 0 heterocycles. The molecule has 0 spiro atoms. The maximum atomic E-state index is 6.49. The summed E-state index contributed by atoms with van der Waals surface area (Å²) < 4.78 is 36.8. The van der Waals surface area contributed by atoms with Crippen molar-refractivity contribution in [2.24, 2.45) is 9.03 Å². The molecule has 0 aliphatic carbocycles. The van der Waals surface area contributed by atoms with Crippen LogP contribution >= 0.6 is 55.7 Å². The van der Waals surface area contributed by atoms with E-state index in [-0.39, 0.29) is 0 Å². The van der Waals surface area contributed by atoms with Crippen LogP contribution in [0.3, 0.4) is 0 Å². The van der Waals surface area contributed by atoms with Crippen molar-refractivity contribution >= 4 is 85.7 Å². The number of nitrogens with zero attached hydrogens (tertiary/aromatic N) is 2. The van der Waals surface area contributed by atoms with Gasteiger partial charge in [-0.1, -0.05) is 0 Å². The number of thiol groups is 1. The molecule has 0 radical (unpaired) electrons. The van der Waals surface area contributed by atoms with Crippen molar-refractivity contribution < 1.29 is 18.1 Å². The molecule has 4 aromatic rings. The molecule has 252 valence electrons. The van der Waals surface area contributed by atoms with Gasteiger partial charge in [0.25, 0.3) is 0 Å². The molecule has 4 aromatic carbocycles. The fraction of sp³-hybridized carbons (Fsp3) is 0.250. The van der Waals surface area contributed by atoms with E-state index in [1.165, 1.54) is 0 Å². The Morgan fingerprint density at radius 2 is 1.00 bits per heavy atom. The van der Waals surface area contributed by atoms with Crippen molar-refractivity contribution in [3.63, 3.8) is 0 Å². The maximum absolute atomic E-state index is 6.49. The Morgan fingerprint density at radius 1 is 0.638 bits per heavy atom. The molecule has 0 saturated heterocycles. The molecule has 4 rings (SSSR count). The van der Waals surface area contributed by atoms with E-state index in [4.69, 9.17) is 51.2 Å². The van der Waals surface area contributed by atoms with Gasteiger partial charge in [-0.05, 0) is 0 Å². The summed E-state index contributed by atoms with van der Waals surface area (Å²) in [6.45, 7) is 0.892. The van der Waals surface area contributed by atoms with Gasteiger partial charge in [-0.3, -0.25) is 0 Å². The second kappa shape index (κ2) is 19.2. The molecule has 0 fully saturated rings. The van der Waals surface area contributed by atoms with E-state index >= 15 is 0 Å². The average Bonchev–Trinajstić information content (AvgIpc) is 3.09. The molecular weight excluding hydrogens is 856 g/mol. The molecule has 0 atom stereocenters. The first kappa shape index (κ1) is 39.2. The minimum absolute atomic E-state index is 0.670. The van der Waals surface area contributed by atoms with Crippen LogP contribution in [0.4, 0.5) is 0 Å². The average molecular weight is 897 g/mol. The second-order valence-electron chi connectivity index (χ2n) is 9.93. The van der Waals surface area contributed by atoms with Crippen LogP contribution in [-0.4, -0.2) is 42.8 Å². The zero-order chi connectivity index (χ0) is 33.6. The van der Waals surface area contributed by atoms with Crippen molar-refractivity contribution in [1.29, 1.82) is 0 Å². The standard InChI is InChI=1S/C32H41N2O4P4S4Te/c1-5-39(6-2,33-41(43,35-29-21-13-9-14-22-29)36-30-23-15-10-16-24-30)45-47-46-40(7-3,8-4)34-42(44,37-31-25-17-11-18-26-31)38-32-27-19-12-20-28-32/h9-28,43H,5-8H2,1-4H3/q+1. The molecule has 0 aromatic heterocycles. The number of hydrogen-bond donors (Lipinski definition) is 1. The SMILES string of the molecule is CCP(CC)(=NP(=S)(Oc1ccccc1)Oc1ccccc1)S[Te]S[P+](CC)(CC)N=P(S)(Oc1ccccc1)Oc1ccccc1. The predicted molar refractivity (Wildman–Crippen MR) is 220 cm³/mol. The van der Waals surface area contributed by atoms with Gasteiger partial charge in [0.1, 0.15) is 0 Å². The topological polar surface area (TPSA) is 61.6 Å². The van der Waals surface area contributed by atoms with E-state index in [0.717, 1.165) is 24.6 Å². The molecule has 0 N–H and O–H groups in total. The van der Waals surface area contributed by atoms with Gasteiger partial charge in [0, 0.05) is 0 Å². The zero-order valence-corrected chi connectivity index (χ0v) is 36.0. The van der Waals surface area contributed by atoms with Gasteiger partial charge < -0.3 is 0 Å². The van der Waals surface area contributed by atoms with E-state index in [1.54, 1.807) is 0 Å². The summed E-state index contributed by atoms with van der Waals surface area (Å²) in [4.78, 5) is 0. The molecular formula is C32H41N2O4P4S4Te+. The third-order valence-corrected chi connectivity index (χ3v) is 51.0. The molecule has 6 nitrogen and oxygen atoms in total. The normalized spacial score (nSPS) is 12.2. The third kappa shape index (κ3) is 12.3. The molecule has 15 heteroatoms. The first-order chi connectivity index (χ1) is 22.7. The summed E-state index contributed by atoms with van der Waals surface area (Å²) in [5.41, 5.74) is 0. The summed E-state index contributed by atoms with van der Waals surface area (Å²) in [6.07, 6.45) is 1.72. The van der Waals surface area contributed by atoms with Gasteiger partial charge in [-0.2, -0.15) is 0 Å². The van der Waals surface area contributed by atoms with E-state index in [2.05, 4.69) is 27.7 Å². The molecule has 0 amide bonds. The van der Waals surface area contributed by atoms with Crippen LogP contribution in [-0.2, 0) is 11.8 Å². The van der Waals surface area contributed by atoms with Gasteiger partial charge in [0.05, 0.1) is 0 Å². The van der Waals surface area contributed by atoms with Crippen molar-refractivity contribution in [1.82, 2.24) is 0 Å². The van der Waals surface area contributed by atoms with Crippen LogP contribution in [0, 0.1) is 0 Å². The summed E-state index contributed by atoms with van der Waals surface area (Å²) in [6, 6.07) is 38.7. The molecule has 0 saturated carbocycles. The van der Waals surface area contributed by atoms with Crippen LogP contribution in [0.2, 0.25) is 0 Å². The number of hydrogen-bond acceptors (Lipinski definition) is 8. The monoisotopic (exact) mass is 899 g/mol. The minimum atomic E-state index is -3.09. The van der Waals surface area contributed by atoms with Gasteiger partial charge in [-0.15, -0.1) is 0 Å². The number of benzene rings is 4. The summed E-state index contributed by atoms with van der Waals surface area (Å²) in [5.74, 6) is 2.73. The van der Waals surface area contributed by atoms with E-state index in [0.29, 0.717) is 23.0 Å². The summed E-state index contributed by atoms with van der Waals surface area (Å²) in [5, 5.41) is 0. The number of rotatable bonds is 18. The Hall–Kier alpha value is -0.540. The predicted octanol–water partition coefficient (Wildman–Crippen LogP) is 13.4. The van der Waals surface area contributed by atoms with Crippen LogP contribution in [0.1, 0.15) is 27.7 Å². The van der Waals surface area contributed by atoms with E-state index < -0.39 is 44.4 Å². The first-order valence-corrected chi connectivity index (χ1v) is 33.1. The Morgan fingerprint density at radius 3 is 1.34 bits per heavy atom. The summed E-state index contributed by atoms with van der Waals surface area (Å²) in [7, 11) is 4.05. The van der Waals surface area contributed by atoms with Gasteiger partial charge in [-0.25, -0.2) is 0 Å². The van der Waals surface area contributed by atoms with Crippen molar-refractivity contribution in [2.75, 3.05) is 24.6 Å². The van der Waals surface area contributed by atoms with Crippen LogP contribution in [0.15, 0.2) is 130 Å². The fourth-order valence-corrected chi connectivity index (χ4v) is 64.5. The molecule has 0 aliphatic heterocycles. The number of para-hydroxylation sites is 4. The molecule has 0 bridgehead atoms. The van der Waals surface area contributed by atoms with Gasteiger partial charge in [0.2, 0.25) is 0 Å². The van der Waals surface area contributed by atoms with E-state index in [9.17, 15) is 0 Å². The Labute approximate surface area is 306 Å². The van der Waals surface area contributed by atoms with Crippen LogP contribution in [0.5, 0.6) is 23.0 Å². The second-order valence-corrected chi connectivity index (χ2v) is 39.8. The third-order valence-electron chi connectivity index (χ3n) is 6.73. The van der Waals surface area contributed by atoms with Crippen molar-refractivity contribution in [3.05, 3.63) is 121 Å². The van der Waals surface area contributed by atoms with Crippen molar-refractivity contribution in [3.8, 4) is 23.0 Å². The van der Waals surface area contributed by atoms with Gasteiger partial charge >= 0.3 is 309 Å².